The quantitative estimate of drug-likeness (QED) is 0.392. The molecule has 0 aliphatic carbocycles. The van der Waals surface area contributed by atoms with Crippen LogP contribution in [0.15, 0.2) is 40.7 Å². The van der Waals surface area contributed by atoms with Gasteiger partial charge in [0.25, 0.3) is 0 Å². The number of thiophene rings is 1. The number of hydrogen-bond acceptors (Lipinski definition) is 6. The van der Waals surface area contributed by atoms with E-state index in [0.29, 0.717) is 12.2 Å². The van der Waals surface area contributed by atoms with Crippen LogP contribution in [0.1, 0.15) is 12.2 Å². The fraction of sp³-hybridized carbons (Fsp3) is 0.235. The second-order valence-electron chi connectivity index (χ2n) is 4.95. The van der Waals surface area contributed by atoms with Crippen LogP contribution in [0.3, 0.4) is 0 Å². The summed E-state index contributed by atoms with van der Waals surface area (Å²) in [5.41, 5.74) is 2.30. The maximum absolute atomic E-state index is 11.3. The predicted molar refractivity (Wildman–Crippen MR) is 94.9 cm³/mol. The first-order valence-electron chi connectivity index (χ1n) is 7.20. The molecule has 23 heavy (non-hydrogen) atoms. The Balaban J connectivity index is 1.99. The van der Waals surface area contributed by atoms with Gasteiger partial charge in [-0.1, -0.05) is 30.3 Å². The van der Waals surface area contributed by atoms with Gasteiger partial charge in [-0.25, -0.2) is 9.97 Å². The highest BCUT2D eigenvalue weighted by atomic mass is 32.2. The summed E-state index contributed by atoms with van der Waals surface area (Å²) in [7, 11) is 1.41. The summed E-state index contributed by atoms with van der Waals surface area (Å²) in [6, 6.07) is 10.2. The lowest BCUT2D eigenvalue weighted by Crippen LogP contribution is -2.01. The number of thioether (sulfide) groups is 1. The Morgan fingerprint density at radius 3 is 2.78 bits per heavy atom. The number of methoxy groups -OCH3 is 1. The molecule has 3 aromatic rings. The number of carbonyl (C=O) groups excluding carboxylic acids is 1. The molecule has 2 aromatic heterocycles. The molecule has 0 aliphatic heterocycles. The highest BCUT2D eigenvalue weighted by molar-refractivity contribution is 7.99. The van der Waals surface area contributed by atoms with Gasteiger partial charge in [0, 0.05) is 16.7 Å². The van der Waals surface area contributed by atoms with Gasteiger partial charge < -0.3 is 4.74 Å². The first-order chi connectivity index (χ1) is 11.2. The van der Waals surface area contributed by atoms with Crippen molar-refractivity contribution in [3.8, 4) is 11.1 Å². The van der Waals surface area contributed by atoms with Crippen molar-refractivity contribution in [3.63, 3.8) is 0 Å². The van der Waals surface area contributed by atoms with Crippen LogP contribution in [-0.4, -0.2) is 28.8 Å². The first-order valence-corrected chi connectivity index (χ1v) is 9.06. The van der Waals surface area contributed by atoms with Crippen LogP contribution in [0.5, 0.6) is 0 Å². The molecule has 0 atom stereocenters. The SMILES string of the molecule is COC(=O)CCSc1nc(C)nc2scc(-c3ccccc3)c12. The molecule has 3 rings (SSSR count). The third-order valence-corrected chi connectivity index (χ3v) is 5.22. The number of fused-ring (bicyclic) bond motifs is 1. The monoisotopic (exact) mass is 344 g/mol. The summed E-state index contributed by atoms with van der Waals surface area (Å²) in [6.07, 6.45) is 0.372. The van der Waals surface area contributed by atoms with E-state index in [-0.39, 0.29) is 5.97 Å². The lowest BCUT2D eigenvalue weighted by Gasteiger charge is -2.06. The minimum atomic E-state index is -0.201. The molecule has 0 bridgehead atoms. The van der Waals surface area contributed by atoms with Gasteiger partial charge in [-0.15, -0.1) is 23.1 Å². The molecule has 6 heteroatoms. The van der Waals surface area contributed by atoms with Gasteiger partial charge in [0.1, 0.15) is 15.7 Å². The molecule has 0 radical (unpaired) electrons. The lowest BCUT2D eigenvalue weighted by molar-refractivity contribution is -0.140. The molecule has 0 spiro atoms. The number of aromatic nitrogens is 2. The second-order valence-corrected chi connectivity index (χ2v) is 6.89. The van der Waals surface area contributed by atoms with Crippen molar-refractivity contribution in [2.45, 2.75) is 18.4 Å². The minimum Gasteiger partial charge on any atom is -0.469 e. The van der Waals surface area contributed by atoms with Crippen LogP contribution < -0.4 is 0 Å². The maximum atomic E-state index is 11.3. The van der Waals surface area contributed by atoms with Crippen molar-refractivity contribution in [1.29, 1.82) is 0 Å². The Morgan fingerprint density at radius 1 is 1.26 bits per heavy atom. The Hall–Kier alpha value is -1.92. The molecule has 0 saturated carbocycles. The standard InChI is InChI=1S/C17H16N2O2S2/c1-11-18-16(22-9-8-14(20)21-2)15-13(10-23-17(15)19-11)12-6-4-3-5-7-12/h3-7,10H,8-9H2,1-2H3. The predicted octanol–water partition coefficient (Wildman–Crippen LogP) is 4.32. The fourth-order valence-corrected chi connectivity index (χ4v) is 4.35. The normalized spacial score (nSPS) is 10.9. The summed E-state index contributed by atoms with van der Waals surface area (Å²) >= 11 is 3.20. The second kappa shape index (κ2) is 7.10. The van der Waals surface area contributed by atoms with E-state index in [0.717, 1.165) is 32.2 Å². The van der Waals surface area contributed by atoms with E-state index < -0.39 is 0 Å². The van der Waals surface area contributed by atoms with E-state index in [1.54, 1.807) is 23.1 Å². The Kier molecular flexibility index (Phi) is 4.93. The van der Waals surface area contributed by atoms with Crippen molar-refractivity contribution in [2.24, 2.45) is 0 Å². The number of ether oxygens (including phenoxy) is 1. The van der Waals surface area contributed by atoms with Gasteiger partial charge in [0.05, 0.1) is 18.9 Å². The number of benzene rings is 1. The average Bonchev–Trinajstić information content (AvgIpc) is 2.99. The number of hydrogen-bond donors (Lipinski definition) is 0. The van der Waals surface area contributed by atoms with Crippen LogP contribution in [0.4, 0.5) is 0 Å². The summed E-state index contributed by atoms with van der Waals surface area (Å²) in [4.78, 5) is 21.4. The van der Waals surface area contributed by atoms with Crippen molar-refractivity contribution < 1.29 is 9.53 Å². The number of nitrogens with zero attached hydrogens (tertiary/aromatic N) is 2. The van der Waals surface area contributed by atoms with Gasteiger partial charge >= 0.3 is 5.97 Å². The molecule has 118 valence electrons. The van der Waals surface area contributed by atoms with Crippen LogP contribution in [0.2, 0.25) is 0 Å². The molecular formula is C17H16N2O2S2. The lowest BCUT2D eigenvalue weighted by atomic mass is 10.1. The first kappa shape index (κ1) is 16.0. The van der Waals surface area contributed by atoms with Gasteiger partial charge in [0.15, 0.2) is 0 Å². The van der Waals surface area contributed by atoms with Crippen molar-refractivity contribution in [2.75, 3.05) is 12.9 Å². The molecule has 2 heterocycles. The van der Waals surface area contributed by atoms with Crippen LogP contribution >= 0.6 is 23.1 Å². The van der Waals surface area contributed by atoms with Crippen molar-refractivity contribution >= 4 is 39.3 Å². The number of carbonyl (C=O) groups is 1. The van der Waals surface area contributed by atoms with E-state index in [4.69, 9.17) is 4.74 Å². The highest BCUT2D eigenvalue weighted by Crippen LogP contribution is 2.38. The van der Waals surface area contributed by atoms with Crippen LogP contribution in [-0.2, 0) is 9.53 Å². The third kappa shape index (κ3) is 3.54. The third-order valence-electron chi connectivity index (χ3n) is 3.37. The number of rotatable bonds is 5. The Labute approximate surface area is 142 Å². The smallest absolute Gasteiger partial charge is 0.306 e. The molecule has 4 nitrogen and oxygen atoms in total. The summed E-state index contributed by atoms with van der Waals surface area (Å²) < 4.78 is 4.69. The summed E-state index contributed by atoms with van der Waals surface area (Å²) in [5.74, 6) is 1.19. The van der Waals surface area contributed by atoms with Crippen LogP contribution in [0.25, 0.3) is 21.3 Å². The van der Waals surface area contributed by atoms with Gasteiger partial charge in [-0.05, 0) is 12.5 Å². The van der Waals surface area contributed by atoms with E-state index >= 15 is 0 Å². The van der Waals surface area contributed by atoms with E-state index in [2.05, 4.69) is 27.5 Å². The summed E-state index contributed by atoms with van der Waals surface area (Å²) in [6.45, 7) is 1.89. The Morgan fingerprint density at radius 2 is 2.04 bits per heavy atom. The fourth-order valence-electron chi connectivity index (χ4n) is 2.28. The zero-order valence-corrected chi connectivity index (χ0v) is 14.5. The zero-order valence-electron chi connectivity index (χ0n) is 12.9. The zero-order chi connectivity index (χ0) is 16.2. The highest BCUT2D eigenvalue weighted by Gasteiger charge is 2.15. The molecular weight excluding hydrogens is 328 g/mol. The maximum Gasteiger partial charge on any atom is 0.306 e. The van der Waals surface area contributed by atoms with Gasteiger partial charge in [0.2, 0.25) is 0 Å². The average molecular weight is 344 g/mol. The molecule has 1 aromatic carbocycles. The summed E-state index contributed by atoms with van der Waals surface area (Å²) in [5, 5.41) is 4.12. The minimum absolute atomic E-state index is 0.201. The Bertz CT molecular complexity index is 831. The molecule has 0 aliphatic rings. The molecule has 0 saturated heterocycles. The van der Waals surface area contributed by atoms with Gasteiger partial charge in [-0.2, -0.15) is 0 Å². The number of aryl methyl sites for hydroxylation is 1. The largest absolute Gasteiger partial charge is 0.469 e. The molecule has 0 amide bonds. The van der Waals surface area contributed by atoms with Gasteiger partial charge in [-0.3, -0.25) is 4.79 Å². The van der Waals surface area contributed by atoms with Crippen molar-refractivity contribution in [3.05, 3.63) is 41.5 Å². The van der Waals surface area contributed by atoms with E-state index in [9.17, 15) is 4.79 Å². The number of esters is 1. The van der Waals surface area contributed by atoms with Crippen molar-refractivity contribution in [1.82, 2.24) is 9.97 Å². The van der Waals surface area contributed by atoms with E-state index in [1.165, 1.54) is 7.11 Å². The van der Waals surface area contributed by atoms with E-state index in [1.807, 2.05) is 25.1 Å². The molecule has 0 N–H and O–H groups in total. The topological polar surface area (TPSA) is 52.1 Å². The molecule has 0 fully saturated rings. The van der Waals surface area contributed by atoms with Crippen LogP contribution in [0, 0.1) is 6.92 Å². The molecule has 0 unspecified atom stereocenters.